The van der Waals surface area contributed by atoms with Crippen LogP contribution in [0.1, 0.15) is 30.5 Å². The van der Waals surface area contributed by atoms with Gasteiger partial charge in [0.2, 0.25) is 0 Å². The highest BCUT2D eigenvalue weighted by molar-refractivity contribution is 5.95. The second-order valence-corrected chi connectivity index (χ2v) is 6.42. The van der Waals surface area contributed by atoms with E-state index in [0.29, 0.717) is 6.04 Å². The van der Waals surface area contributed by atoms with Crippen molar-refractivity contribution in [1.29, 1.82) is 0 Å². The summed E-state index contributed by atoms with van der Waals surface area (Å²) in [5.74, 6) is 0. The molecule has 0 atom stereocenters. The van der Waals surface area contributed by atoms with E-state index in [1.165, 1.54) is 28.1 Å². The van der Waals surface area contributed by atoms with Gasteiger partial charge >= 0.3 is 0 Å². The smallest absolute Gasteiger partial charge is 0.0862 e. The van der Waals surface area contributed by atoms with E-state index in [2.05, 4.69) is 90.3 Å². The zero-order valence-electron chi connectivity index (χ0n) is 13.8. The van der Waals surface area contributed by atoms with Crippen LogP contribution in [0, 0.1) is 0 Å². The molecule has 0 unspecified atom stereocenters. The third-order valence-electron chi connectivity index (χ3n) is 4.64. The summed E-state index contributed by atoms with van der Waals surface area (Å²) < 4.78 is 0. The summed E-state index contributed by atoms with van der Waals surface area (Å²) >= 11 is 0. The maximum absolute atomic E-state index is 3.36. The zero-order chi connectivity index (χ0) is 16.0. The molecule has 0 radical (unpaired) electrons. The molecule has 2 heterocycles. The molecule has 0 bridgehead atoms. The van der Waals surface area contributed by atoms with Gasteiger partial charge in [-0.1, -0.05) is 42.5 Å². The number of para-hydroxylation sites is 1. The van der Waals surface area contributed by atoms with Crippen molar-refractivity contribution in [2.45, 2.75) is 26.4 Å². The second-order valence-electron chi connectivity index (χ2n) is 6.42. The number of nitrogens with one attached hydrogen (secondary N) is 2. The van der Waals surface area contributed by atoms with Crippen LogP contribution in [0.15, 0.2) is 48.5 Å². The van der Waals surface area contributed by atoms with E-state index < -0.39 is 0 Å². The van der Waals surface area contributed by atoms with Gasteiger partial charge in [-0.2, -0.15) is 0 Å². The third kappa shape index (κ3) is 2.18. The summed E-state index contributed by atoms with van der Waals surface area (Å²) in [4.78, 5) is 2.47. The molecule has 4 heteroatoms. The van der Waals surface area contributed by atoms with Crippen molar-refractivity contribution in [3.8, 4) is 0 Å². The molecule has 0 fully saturated rings. The third-order valence-corrected chi connectivity index (χ3v) is 4.64. The highest BCUT2D eigenvalue weighted by atomic mass is 15.7. The Labute approximate surface area is 137 Å². The van der Waals surface area contributed by atoms with Crippen LogP contribution in [0.4, 0.5) is 5.69 Å². The fraction of sp³-hybridized carbons (Fsp3) is 0.263. The normalized spacial score (nSPS) is 16.5. The van der Waals surface area contributed by atoms with Crippen LogP contribution in [0.5, 0.6) is 0 Å². The molecular formula is C19H22N4. The first kappa shape index (κ1) is 14.2. The Morgan fingerprint density at radius 2 is 1.65 bits per heavy atom. The number of hydrogen-bond acceptors (Lipinski definition) is 4. The first-order valence-electron chi connectivity index (χ1n) is 8.11. The predicted molar refractivity (Wildman–Crippen MR) is 95.1 cm³/mol. The van der Waals surface area contributed by atoms with Crippen molar-refractivity contribution >= 4 is 17.1 Å². The zero-order valence-corrected chi connectivity index (χ0v) is 13.8. The van der Waals surface area contributed by atoms with Gasteiger partial charge in [0.25, 0.3) is 0 Å². The SMILES string of the molecule is CC(C)N1Cc2ccccc2C2=C(NNN2C)c2ccccc21. The molecule has 4 rings (SSSR count). The van der Waals surface area contributed by atoms with E-state index in [-0.39, 0.29) is 0 Å². The molecule has 0 spiro atoms. The second kappa shape index (κ2) is 5.32. The average Bonchev–Trinajstić information content (AvgIpc) is 2.92. The summed E-state index contributed by atoms with van der Waals surface area (Å²) in [6, 6.07) is 17.7. The Morgan fingerprint density at radius 3 is 2.43 bits per heavy atom. The molecule has 2 aromatic carbocycles. The maximum atomic E-state index is 3.36. The van der Waals surface area contributed by atoms with Gasteiger partial charge in [-0.3, -0.25) is 5.01 Å². The number of hydrazine groups is 2. The van der Waals surface area contributed by atoms with E-state index in [1.54, 1.807) is 0 Å². The summed E-state index contributed by atoms with van der Waals surface area (Å²) in [5, 5.41) is 2.07. The summed E-state index contributed by atoms with van der Waals surface area (Å²) in [5.41, 5.74) is 14.1. The Bertz CT molecular complexity index is 778. The number of benzene rings is 2. The first-order chi connectivity index (χ1) is 11.2. The topological polar surface area (TPSA) is 30.5 Å². The molecule has 118 valence electrons. The van der Waals surface area contributed by atoms with Crippen molar-refractivity contribution in [2.75, 3.05) is 11.9 Å². The van der Waals surface area contributed by atoms with Gasteiger partial charge in [0, 0.05) is 36.4 Å². The largest absolute Gasteiger partial charge is 0.364 e. The minimum absolute atomic E-state index is 0.429. The van der Waals surface area contributed by atoms with Gasteiger partial charge in [-0.05, 0) is 25.5 Å². The van der Waals surface area contributed by atoms with Crippen molar-refractivity contribution in [3.05, 3.63) is 65.2 Å². The van der Waals surface area contributed by atoms with Crippen LogP contribution in [0.3, 0.4) is 0 Å². The molecule has 4 nitrogen and oxygen atoms in total. The Balaban J connectivity index is 2.04. The lowest BCUT2D eigenvalue weighted by Gasteiger charge is -2.34. The monoisotopic (exact) mass is 306 g/mol. The van der Waals surface area contributed by atoms with E-state index in [9.17, 15) is 0 Å². The average molecular weight is 306 g/mol. The fourth-order valence-electron chi connectivity index (χ4n) is 3.49. The van der Waals surface area contributed by atoms with Crippen molar-refractivity contribution in [3.63, 3.8) is 0 Å². The van der Waals surface area contributed by atoms with E-state index in [0.717, 1.165) is 12.2 Å². The predicted octanol–water partition coefficient (Wildman–Crippen LogP) is 3.20. The molecular weight excluding hydrogens is 284 g/mol. The number of anilines is 1. The molecule has 2 N–H and O–H groups in total. The molecule has 2 aromatic rings. The molecule has 0 aromatic heterocycles. The van der Waals surface area contributed by atoms with Crippen molar-refractivity contribution in [2.24, 2.45) is 0 Å². The summed E-state index contributed by atoms with van der Waals surface area (Å²) in [6.45, 7) is 5.42. The van der Waals surface area contributed by atoms with Gasteiger partial charge in [0.1, 0.15) is 0 Å². The van der Waals surface area contributed by atoms with Crippen LogP contribution in [0.2, 0.25) is 0 Å². The van der Waals surface area contributed by atoms with Crippen LogP contribution in [0.25, 0.3) is 11.4 Å². The quantitative estimate of drug-likeness (QED) is 0.847. The highest BCUT2D eigenvalue weighted by Gasteiger charge is 2.29. The summed E-state index contributed by atoms with van der Waals surface area (Å²) in [6.07, 6.45) is 0. The first-order valence-corrected chi connectivity index (χ1v) is 8.11. The molecule has 0 amide bonds. The van der Waals surface area contributed by atoms with Crippen LogP contribution in [-0.2, 0) is 6.54 Å². The Morgan fingerprint density at radius 1 is 0.957 bits per heavy atom. The standard InChI is InChI=1S/C19H22N4/c1-13(2)23-12-14-8-4-5-9-15(14)19-18(20-21-22(19)3)16-10-6-7-11-17(16)23/h4-11,13,20-21H,12H2,1-3H3. The lowest BCUT2D eigenvalue weighted by molar-refractivity contribution is 0.345. The van der Waals surface area contributed by atoms with E-state index >= 15 is 0 Å². The van der Waals surface area contributed by atoms with Gasteiger partial charge in [-0.25, -0.2) is 0 Å². The molecule has 0 saturated carbocycles. The molecule has 23 heavy (non-hydrogen) atoms. The van der Waals surface area contributed by atoms with Gasteiger partial charge in [0.05, 0.1) is 11.4 Å². The fourth-order valence-corrected chi connectivity index (χ4v) is 3.49. The van der Waals surface area contributed by atoms with E-state index in [1.807, 2.05) is 0 Å². The minimum Gasteiger partial charge on any atom is -0.364 e. The van der Waals surface area contributed by atoms with Gasteiger partial charge in [-0.15, -0.1) is 5.53 Å². The molecule has 2 aliphatic rings. The lowest BCUT2D eigenvalue weighted by atomic mass is 9.95. The number of rotatable bonds is 1. The minimum atomic E-state index is 0.429. The number of fused-ring (bicyclic) bond motifs is 4. The molecule has 0 aliphatic carbocycles. The summed E-state index contributed by atoms with van der Waals surface area (Å²) in [7, 11) is 2.05. The maximum Gasteiger partial charge on any atom is 0.0862 e. The lowest BCUT2D eigenvalue weighted by Crippen LogP contribution is -2.34. The highest BCUT2D eigenvalue weighted by Crippen LogP contribution is 2.39. The molecule has 0 saturated heterocycles. The number of hydrogen-bond donors (Lipinski definition) is 2. The Kier molecular flexibility index (Phi) is 3.27. The van der Waals surface area contributed by atoms with E-state index in [4.69, 9.17) is 0 Å². The van der Waals surface area contributed by atoms with Crippen LogP contribution >= 0.6 is 0 Å². The van der Waals surface area contributed by atoms with Crippen LogP contribution < -0.4 is 15.9 Å². The number of nitrogens with zero attached hydrogens (tertiary/aromatic N) is 2. The van der Waals surface area contributed by atoms with Crippen molar-refractivity contribution < 1.29 is 0 Å². The molecule has 2 aliphatic heterocycles. The van der Waals surface area contributed by atoms with Gasteiger partial charge in [0.15, 0.2) is 0 Å². The van der Waals surface area contributed by atoms with Crippen molar-refractivity contribution in [1.82, 2.24) is 16.0 Å². The van der Waals surface area contributed by atoms with Crippen LogP contribution in [-0.4, -0.2) is 18.1 Å². The van der Waals surface area contributed by atoms with Gasteiger partial charge < -0.3 is 10.3 Å². The Hall–Kier alpha value is -2.46.